The van der Waals surface area contributed by atoms with E-state index in [1.165, 1.54) is 28.7 Å². The van der Waals surface area contributed by atoms with Gasteiger partial charge in [0.15, 0.2) is 0 Å². The Bertz CT molecular complexity index is 1120. The second-order valence-electron chi connectivity index (χ2n) is 7.24. The molecule has 0 saturated carbocycles. The Labute approximate surface area is 178 Å². The first-order valence-corrected chi connectivity index (χ1v) is 9.71. The molecule has 1 aromatic carbocycles. The van der Waals surface area contributed by atoms with Crippen molar-refractivity contribution in [2.45, 2.75) is 33.9 Å². The molecule has 3 rings (SSSR count). The fourth-order valence-electron chi connectivity index (χ4n) is 3.98. The zero-order valence-corrected chi connectivity index (χ0v) is 17.9. The van der Waals surface area contributed by atoms with Crippen molar-refractivity contribution in [3.05, 3.63) is 69.7 Å². The molecular weight excluding hydrogens is 409 g/mol. The number of amides is 1. The minimum Gasteiger partial charge on any atom is -0.465 e. The number of carbonyl (C=O) groups excluding carboxylic acids is 2. The molecule has 0 atom stereocenters. The summed E-state index contributed by atoms with van der Waals surface area (Å²) in [6, 6.07) is 7.02. The van der Waals surface area contributed by atoms with E-state index in [0.29, 0.717) is 29.2 Å². The van der Waals surface area contributed by atoms with Gasteiger partial charge < -0.3 is 14.2 Å². The zero-order chi connectivity index (χ0) is 23.1. The molecule has 0 unspecified atom stereocenters. The summed E-state index contributed by atoms with van der Waals surface area (Å²) in [6.45, 7) is 7.20. The van der Waals surface area contributed by atoms with E-state index in [0.717, 1.165) is 6.07 Å². The molecule has 0 radical (unpaired) electrons. The van der Waals surface area contributed by atoms with Crippen molar-refractivity contribution in [1.82, 2.24) is 9.47 Å². The maximum absolute atomic E-state index is 13.6. The van der Waals surface area contributed by atoms with Crippen LogP contribution >= 0.6 is 0 Å². The van der Waals surface area contributed by atoms with Gasteiger partial charge in [-0.2, -0.15) is 13.2 Å². The highest BCUT2D eigenvalue weighted by Crippen LogP contribution is 2.37. The van der Waals surface area contributed by atoms with E-state index in [1.54, 1.807) is 45.9 Å². The van der Waals surface area contributed by atoms with E-state index >= 15 is 0 Å². The number of likely N-dealkylation sites (N-methyl/N-ethyl adjacent to an activating group) is 1. The average Bonchev–Trinajstić information content (AvgIpc) is 3.12. The van der Waals surface area contributed by atoms with Gasteiger partial charge in [-0.25, -0.2) is 4.79 Å². The summed E-state index contributed by atoms with van der Waals surface area (Å²) in [5, 5.41) is 0. The molecule has 0 bridgehead atoms. The molecule has 0 spiro atoms. The number of nitrogens with zero attached hydrogens (tertiary/aromatic N) is 2. The van der Waals surface area contributed by atoms with E-state index in [-0.39, 0.29) is 22.7 Å². The number of aryl methyl sites for hydroxylation is 1. The van der Waals surface area contributed by atoms with Crippen LogP contribution in [-0.4, -0.2) is 35.0 Å². The third kappa shape index (κ3) is 3.78. The quantitative estimate of drug-likeness (QED) is 0.515. The summed E-state index contributed by atoms with van der Waals surface area (Å²) in [7, 11) is 1.24. The molecule has 5 nitrogen and oxygen atoms in total. The molecule has 0 fully saturated rings. The Morgan fingerprint density at radius 1 is 1.16 bits per heavy atom. The van der Waals surface area contributed by atoms with Crippen molar-refractivity contribution in [3.8, 4) is 5.69 Å². The number of halogens is 3. The van der Waals surface area contributed by atoms with Gasteiger partial charge in [0.1, 0.15) is 0 Å². The predicted octanol–water partition coefficient (Wildman–Crippen LogP) is 4.81. The molecule has 1 aliphatic heterocycles. The number of hydrogen-bond acceptors (Lipinski definition) is 3. The Hall–Kier alpha value is -3.29. The number of benzene rings is 1. The van der Waals surface area contributed by atoms with Crippen LogP contribution in [0.5, 0.6) is 0 Å². The summed E-state index contributed by atoms with van der Waals surface area (Å²) < 4.78 is 47.0. The summed E-state index contributed by atoms with van der Waals surface area (Å²) >= 11 is 0. The highest BCUT2D eigenvalue weighted by atomic mass is 19.4. The van der Waals surface area contributed by atoms with E-state index < -0.39 is 17.7 Å². The normalized spacial score (nSPS) is 15.9. The van der Waals surface area contributed by atoms with Gasteiger partial charge >= 0.3 is 12.1 Å². The van der Waals surface area contributed by atoms with Crippen molar-refractivity contribution in [2.75, 3.05) is 13.7 Å². The molecular formula is C23H23F3N2O3. The van der Waals surface area contributed by atoms with Crippen LogP contribution in [0, 0.1) is 13.8 Å². The lowest BCUT2D eigenvalue weighted by Crippen LogP contribution is -2.24. The lowest BCUT2D eigenvalue weighted by atomic mass is 10.0. The van der Waals surface area contributed by atoms with Crippen LogP contribution in [0.3, 0.4) is 0 Å². The minimum atomic E-state index is -4.51. The molecule has 2 heterocycles. The molecule has 31 heavy (non-hydrogen) atoms. The van der Waals surface area contributed by atoms with Crippen LogP contribution in [0.25, 0.3) is 11.8 Å². The summed E-state index contributed by atoms with van der Waals surface area (Å²) in [5.74, 6) is -0.981. The van der Waals surface area contributed by atoms with Gasteiger partial charge in [0.05, 0.1) is 29.5 Å². The number of esters is 1. The van der Waals surface area contributed by atoms with Gasteiger partial charge in [-0.05, 0) is 57.5 Å². The highest BCUT2D eigenvalue weighted by Gasteiger charge is 2.37. The summed E-state index contributed by atoms with van der Waals surface area (Å²) in [6.07, 6.45) is -2.97. The molecule has 1 aliphatic rings. The van der Waals surface area contributed by atoms with E-state index in [9.17, 15) is 22.8 Å². The first kappa shape index (κ1) is 22.4. The molecule has 1 aromatic heterocycles. The lowest BCUT2D eigenvalue weighted by molar-refractivity contribution is -0.137. The van der Waals surface area contributed by atoms with E-state index in [2.05, 4.69) is 0 Å². The highest BCUT2D eigenvalue weighted by molar-refractivity contribution is 6.16. The maximum atomic E-state index is 13.6. The number of carbonyl (C=O) groups is 2. The standard InChI is InChI=1S/C23H23F3N2O3/c1-6-27-15(4)20(22(30)31-5)17(21(27)29)12-16-11-13(2)28(14(16)3)19-10-8-7-9-18(19)23(24,25)26/h7-12H,6H2,1-5H3/b17-12-. The third-order valence-corrected chi connectivity index (χ3v) is 5.44. The Morgan fingerprint density at radius 2 is 1.81 bits per heavy atom. The monoisotopic (exact) mass is 432 g/mol. The van der Waals surface area contributed by atoms with Gasteiger partial charge in [0, 0.05) is 23.6 Å². The van der Waals surface area contributed by atoms with Crippen LogP contribution in [-0.2, 0) is 20.5 Å². The first-order chi connectivity index (χ1) is 14.5. The Kier molecular flexibility index (Phi) is 5.85. The smallest absolute Gasteiger partial charge is 0.418 e. The molecule has 2 aromatic rings. The Balaban J connectivity index is 2.19. The second-order valence-corrected chi connectivity index (χ2v) is 7.24. The minimum absolute atomic E-state index is 0.00231. The van der Waals surface area contributed by atoms with Gasteiger partial charge in [-0.15, -0.1) is 0 Å². The fraction of sp³-hybridized carbons (Fsp3) is 0.304. The number of ether oxygens (including phenoxy) is 1. The number of methoxy groups -OCH3 is 1. The second kappa shape index (κ2) is 8.09. The van der Waals surface area contributed by atoms with Crippen molar-refractivity contribution in [2.24, 2.45) is 0 Å². The first-order valence-electron chi connectivity index (χ1n) is 9.71. The van der Waals surface area contributed by atoms with Gasteiger partial charge in [-0.1, -0.05) is 12.1 Å². The van der Waals surface area contributed by atoms with Crippen molar-refractivity contribution in [3.63, 3.8) is 0 Å². The van der Waals surface area contributed by atoms with Crippen molar-refractivity contribution < 1.29 is 27.5 Å². The molecule has 0 saturated heterocycles. The fourth-order valence-corrected chi connectivity index (χ4v) is 3.98. The van der Waals surface area contributed by atoms with Crippen LogP contribution in [0.1, 0.15) is 36.4 Å². The molecule has 0 aliphatic carbocycles. The number of alkyl halides is 3. The van der Waals surface area contributed by atoms with Crippen LogP contribution in [0.2, 0.25) is 0 Å². The van der Waals surface area contributed by atoms with E-state index in [4.69, 9.17) is 4.74 Å². The van der Waals surface area contributed by atoms with Crippen molar-refractivity contribution >= 4 is 18.0 Å². The van der Waals surface area contributed by atoms with Gasteiger partial charge in [0.25, 0.3) is 5.91 Å². The number of aromatic nitrogens is 1. The number of rotatable bonds is 4. The van der Waals surface area contributed by atoms with E-state index in [1.807, 2.05) is 0 Å². The molecule has 0 N–H and O–H groups in total. The summed E-state index contributed by atoms with van der Waals surface area (Å²) in [4.78, 5) is 26.7. The predicted molar refractivity (Wildman–Crippen MR) is 110 cm³/mol. The van der Waals surface area contributed by atoms with Crippen molar-refractivity contribution in [1.29, 1.82) is 0 Å². The lowest BCUT2D eigenvalue weighted by Gasteiger charge is -2.16. The maximum Gasteiger partial charge on any atom is 0.418 e. The van der Waals surface area contributed by atoms with Gasteiger partial charge in [-0.3, -0.25) is 4.79 Å². The third-order valence-electron chi connectivity index (χ3n) is 5.44. The van der Waals surface area contributed by atoms with Gasteiger partial charge in [0.2, 0.25) is 0 Å². The number of para-hydroxylation sites is 1. The number of allylic oxidation sites excluding steroid dienone is 1. The van der Waals surface area contributed by atoms with Crippen LogP contribution < -0.4 is 0 Å². The topological polar surface area (TPSA) is 51.5 Å². The average molecular weight is 432 g/mol. The molecule has 1 amide bonds. The molecule has 8 heteroatoms. The molecule has 164 valence electrons. The number of hydrogen-bond donors (Lipinski definition) is 0. The van der Waals surface area contributed by atoms with Crippen LogP contribution in [0.15, 0.2) is 47.2 Å². The SMILES string of the molecule is CCN1C(=O)/C(=C\c2cc(C)n(-c3ccccc3C(F)(F)F)c2C)C(C(=O)OC)=C1C. The Morgan fingerprint density at radius 3 is 2.39 bits per heavy atom. The largest absolute Gasteiger partial charge is 0.465 e. The van der Waals surface area contributed by atoms with Crippen LogP contribution in [0.4, 0.5) is 13.2 Å². The zero-order valence-electron chi connectivity index (χ0n) is 17.9. The summed E-state index contributed by atoms with van der Waals surface area (Å²) in [5.41, 5.74) is 1.70.